The average Bonchev–Trinajstić information content (AvgIpc) is 3.20. The van der Waals surface area contributed by atoms with Crippen molar-refractivity contribution < 1.29 is 0 Å². The van der Waals surface area contributed by atoms with Crippen LogP contribution in [0, 0.1) is 17.2 Å². The number of benzene rings is 1. The Labute approximate surface area is 134 Å². The molecule has 0 spiro atoms. The average molecular weight is 317 g/mol. The molecular formula is C17H17ClN2S. The molecule has 2 aromatic rings. The van der Waals surface area contributed by atoms with Crippen LogP contribution in [0.4, 0.5) is 5.69 Å². The zero-order valence-electron chi connectivity index (χ0n) is 11.7. The number of hydrogen-bond acceptors (Lipinski definition) is 3. The zero-order chi connectivity index (χ0) is 14.7. The van der Waals surface area contributed by atoms with E-state index in [1.165, 1.54) is 30.6 Å². The highest BCUT2D eigenvalue weighted by atomic mass is 35.5. The molecule has 1 fully saturated rings. The zero-order valence-corrected chi connectivity index (χ0v) is 13.3. The van der Waals surface area contributed by atoms with E-state index in [2.05, 4.69) is 28.9 Å². The summed E-state index contributed by atoms with van der Waals surface area (Å²) in [6.45, 7) is 0. The second-order valence-electron chi connectivity index (χ2n) is 5.49. The first-order valence-electron chi connectivity index (χ1n) is 7.27. The van der Waals surface area contributed by atoms with Gasteiger partial charge in [0.1, 0.15) is 6.07 Å². The van der Waals surface area contributed by atoms with Gasteiger partial charge in [-0.3, -0.25) is 0 Å². The van der Waals surface area contributed by atoms with Gasteiger partial charge in [-0.15, -0.1) is 11.3 Å². The minimum absolute atomic E-state index is 0.334. The van der Waals surface area contributed by atoms with Crippen LogP contribution in [0.25, 0.3) is 0 Å². The molecule has 1 saturated carbocycles. The van der Waals surface area contributed by atoms with Gasteiger partial charge in [0, 0.05) is 10.6 Å². The fourth-order valence-corrected chi connectivity index (χ4v) is 4.09. The second-order valence-corrected chi connectivity index (χ2v) is 6.87. The molecule has 108 valence electrons. The topological polar surface area (TPSA) is 35.8 Å². The third-order valence-electron chi connectivity index (χ3n) is 4.13. The Bertz CT molecular complexity index is 639. The molecule has 1 heterocycles. The maximum atomic E-state index is 9.11. The van der Waals surface area contributed by atoms with Crippen molar-refractivity contribution in [3.05, 3.63) is 51.2 Å². The number of nitriles is 1. The molecule has 0 radical (unpaired) electrons. The predicted octanol–water partition coefficient (Wildman–Crippen LogP) is 5.62. The van der Waals surface area contributed by atoms with E-state index in [9.17, 15) is 0 Å². The third-order valence-corrected chi connectivity index (χ3v) is 5.41. The SMILES string of the molecule is N#Cc1cc(NC(c2cccs2)C2CCCC2)ccc1Cl. The van der Waals surface area contributed by atoms with Gasteiger partial charge in [0.25, 0.3) is 0 Å². The number of nitrogens with one attached hydrogen (secondary N) is 1. The molecule has 0 bridgehead atoms. The number of rotatable bonds is 4. The van der Waals surface area contributed by atoms with Crippen LogP contribution >= 0.6 is 22.9 Å². The number of thiophene rings is 1. The Morgan fingerprint density at radius 2 is 2.10 bits per heavy atom. The fourth-order valence-electron chi connectivity index (χ4n) is 3.06. The fraction of sp³-hybridized carbons (Fsp3) is 0.353. The quantitative estimate of drug-likeness (QED) is 0.795. The van der Waals surface area contributed by atoms with E-state index in [4.69, 9.17) is 16.9 Å². The molecule has 1 aromatic heterocycles. The van der Waals surface area contributed by atoms with Gasteiger partial charge in [-0.1, -0.05) is 30.5 Å². The van der Waals surface area contributed by atoms with Gasteiger partial charge in [0.15, 0.2) is 0 Å². The Kier molecular flexibility index (Phi) is 4.48. The number of hydrogen-bond donors (Lipinski definition) is 1. The molecule has 3 rings (SSSR count). The predicted molar refractivity (Wildman–Crippen MR) is 88.8 cm³/mol. The van der Waals surface area contributed by atoms with Crippen LogP contribution in [0.3, 0.4) is 0 Å². The normalized spacial score (nSPS) is 16.6. The van der Waals surface area contributed by atoms with Gasteiger partial charge >= 0.3 is 0 Å². The highest BCUT2D eigenvalue weighted by Gasteiger charge is 2.27. The van der Waals surface area contributed by atoms with E-state index in [-0.39, 0.29) is 0 Å². The first-order chi connectivity index (χ1) is 10.3. The molecule has 0 saturated heterocycles. The van der Waals surface area contributed by atoms with Crippen molar-refractivity contribution in [3.8, 4) is 6.07 Å². The standard InChI is InChI=1S/C17H17ClN2S/c18-15-8-7-14(10-13(15)11-19)20-17(12-4-1-2-5-12)16-6-3-9-21-16/h3,6-10,12,17,20H,1-2,4-5H2. The second kappa shape index (κ2) is 6.51. The van der Waals surface area contributed by atoms with Crippen molar-refractivity contribution in [3.63, 3.8) is 0 Å². The third kappa shape index (κ3) is 3.23. The van der Waals surface area contributed by atoms with Crippen LogP contribution in [0.2, 0.25) is 5.02 Å². The minimum Gasteiger partial charge on any atom is -0.377 e. The summed E-state index contributed by atoms with van der Waals surface area (Å²) in [4.78, 5) is 1.37. The Morgan fingerprint density at radius 1 is 1.29 bits per heavy atom. The summed E-state index contributed by atoms with van der Waals surface area (Å²) in [7, 11) is 0. The largest absolute Gasteiger partial charge is 0.377 e. The molecule has 4 heteroatoms. The molecule has 21 heavy (non-hydrogen) atoms. The van der Waals surface area contributed by atoms with Crippen LogP contribution in [0.15, 0.2) is 35.7 Å². The van der Waals surface area contributed by atoms with Gasteiger partial charge in [-0.2, -0.15) is 5.26 Å². The minimum atomic E-state index is 0.334. The van der Waals surface area contributed by atoms with E-state index in [0.29, 0.717) is 22.5 Å². The van der Waals surface area contributed by atoms with Crippen LogP contribution < -0.4 is 5.32 Å². The lowest BCUT2D eigenvalue weighted by Gasteiger charge is -2.25. The van der Waals surface area contributed by atoms with Crippen molar-refractivity contribution in [2.24, 2.45) is 5.92 Å². The molecular weight excluding hydrogens is 300 g/mol. The van der Waals surface area contributed by atoms with Gasteiger partial charge in [0.05, 0.1) is 16.6 Å². The molecule has 1 aromatic carbocycles. The summed E-state index contributed by atoms with van der Waals surface area (Å²) in [5.74, 6) is 0.671. The molecule has 0 aliphatic heterocycles. The van der Waals surface area contributed by atoms with Gasteiger partial charge in [-0.05, 0) is 48.4 Å². The Hall–Kier alpha value is -1.50. The lowest BCUT2D eigenvalue weighted by Crippen LogP contribution is -2.18. The molecule has 2 nitrogen and oxygen atoms in total. The van der Waals surface area contributed by atoms with Gasteiger partial charge < -0.3 is 5.32 Å². The first kappa shape index (κ1) is 14.4. The van der Waals surface area contributed by atoms with Crippen molar-refractivity contribution >= 4 is 28.6 Å². The smallest absolute Gasteiger partial charge is 0.101 e. The summed E-state index contributed by atoms with van der Waals surface area (Å²) in [6.07, 6.45) is 5.18. The van der Waals surface area contributed by atoms with Crippen molar-refractivity contribution in [1.82, 2.24) is 0 Å². The number of halogens is 1. The van der Waals surface area contributed by atoms with Crippen molar-refractivity contribution in [1.29, 1.82) is 5.26 Å². The van der Waals surface area contributed by atoms with Gasteiger partial charge in [-0.25, -0.2) is 0 Å². The van der Waals surface area contributed by atoms with E-state index in [0.717, 1.165) is 5.69 Å². The van der Waals surface area contributed by atoms with Crippen molar-refractivity contribution in [2.45, 2.75) is 31.7 Å². The molecule has 0 amide bonds. The highest BCUT2D eigenvalue weighted by molar-refractivity contribution is 7.10. The Morgan fingerprint density at radius 3 is 2.76 bits per heavy atom. The summed E-state index contributed by atoms with van der Waals surface area (Å²) in [6, 6.07) is 12.4. The highest BCUT2D eigenvalue weighted by Crippen LogP contribution is 2.39. The van der Waals surface area contributed by atoms with E-state index in [1.54, 1.807) is 17.4 Å². The lowest BCUT2D eigenvalue weighted by atomic mass is 9.96. The lowest BCUT2D eigenvalue weighted by molar-refractivity contribution is 0.475. The summed E-state index contributed by atoms with van der Waals surface area (Å²) >= 11 is 7.81. The monoisotopic (exact) mass is 316 g/mol. The van der Waals surface area contributed by atoms with Crippen LogP contribution in [-0.4, -0.2) is 0 Å². The van der Waals surface area contributed by atoms with Crippen LogP contribution in [0.1, 0.15) is 42.2 Å². The molecule has 1 N–H and O–H groups in total. The van der Waals surface area contributed by atoms with E-state index >= 15 is 0 Å². The molecule has 1 unspecified atom stereocenters. The maximum Gasteiger partial charge on any atom is 0.101 e. The van der Waals surface area contributed by atoms with Crippen molar-refractivity contribution in [2.75, 3.05) is 5.32 Å². The number of nitrogens with zero attached hydrogens (tertiary/aromatic N) is 1. The summed E-state index contributed by atoms with van der Waals surface area (Å²) in [5, 5.41) is 15.4. The number of anilines is 1. The molecule has 1 atom stereocenters. The Balaban J connectivity index is 1.86. The van der Waals surface area contributed by atoms with E-state index < -0.39 is 0 Å². The summed E-state index contributed by atoms with van der Waals surface area (Å²) in [5.41, 5.74) is 1.50. The molecule has 1 aliphatic rings. The maximum absolute atomic E-state index is 9.11. The first-order valence-corrected chi connectivity index (χ1v) is 8.53. The summed E-state index contributed by atoms with van der Waals surface area (Å²) < 4.78 is 0. The van der Waals surface area contributed by atoms with Crippen LogP contribution in [0.5, 0.6) is 0 Å². The van der Waals surface area contributed by atoms with Crippen LogP contribution in [-0.2, 0) is 0 Å². The molecule has 1 aliphatic carbocycles. The van der Waals surface area contributed by atoms with Gasteiger partial charge in [0.2, 0.25) is 0 Å². The van der Waals surface area contributed by atoms with E-state index in [1.807, 2.05) is 12.1 Å².